The van der Waals surface area contributed by atoms with Crippen molar-refractivity contribution in [2.75, 3.05) is 0 Å². The van der Waals surface area contributed by atoms with Crippen molar-refractivity contribution < 1.29 is 14.5 Å². The summed E-state index contributed by atoms with van der Waals surface area (Å²) in [6.07, 6.45) is 3.64. The molecule has 3 atom stereocenters. The fourth-order valence-corrected chi connectivity index (χ4v) is 3.92. The Morgan fingerprint density at radius 1 is 1.40 bits per heavy atom. The van der Waals surface area contributed by atoms with E-state index in [2.05, 4.69) is 10.3 Å². The molecule has 0 radical (unpaired) electrons. The fourth-order valence-electron chi connectivity index (χ4n) is 3.92. The molecular weight excluding hydrogens is 258 g/mol. The Balaban J connectivity index is 1.86. The van der Waals surface area contributed by atoms with E-state index in [-0.39, 0.29) is 12.1 Å². The van der Waals surface area contributed by atoms with Gasteiger partial charge in [0.1, 0.15) is 11.0 Å². The number of carbonyl (C=O) groups excluding carboxylic acids is 1. The highest BCUT2D eigenvalue weighted by atomic mass is 16.6. The summed E-state index contributed by atoms with van der Waals surface area (Å²) in [5.41, 5.74) is 1.99. The summed E-state index contributed by atoms with van der Waals surface area (Å²) < 4.78 is 4.73. The Labute approximate surface area is 115 Å². The number of hydrogen-bond acceptors (Lipinski definition) is 5. The topological polar surface area (TPSA) is 79.5 Å². The number of nitrogens with zero attached hydrogens (tertiary/aromatic N) is 3. The van der Waals surface area contributed by atoms with Gasteiger partial charge in [-0.3, -0.25) is 4.79 Å². The van der Waals surface area contributed by atoms with E-state index < -0.39 is 5.54 Å². The van der Waals surface area contributed by atoms with Crippen molar-refractivity contribution in [2.45, 2.75) is 43.4 Å². The largest absolute Gasteiger partial charge is 0.393 e. The zero-order chi connectivity index (χ0) is 13.7. The first kappa shape index (κ1) is 11.8. The molecule has 1 amide bonds. The van der Waals surface area contributed by atoms with Crippen molar-refractivity contribution in [2.24, 2.45) is 0 Å². The second kappa shape index (κ2) is 4.02. The van der Waals surface area contributed by atoms with Gasteiger partial charge in [0, 0.05) is 12.5 Å². The molecule has 3 heterocycles. The molecule has 6 heteroatoms. The molecule has 0 saturated carbocycles. The van der Waals surface area contributed by atoms with Gasteiger partial charge in [0.15, 0.2) is 0 Å². The molecule has 1 N–H and O–H groups in total. The Morgan fingerprint density at radius 2 is 2.25 bits per heavy atom. The van der Waals surface area contributed by atoms with Crippen LogP contribution in [0.3, 0.4) is 0 Å². The standard InChI is InChI=1S/C14H15N3O3/c18-8-17-10-3-4-14(17,7-11(19)6-10)9-1-2-12-13(5-9)16-20-15-12/h1-2,5,8,10-11,19H,3-4,6-7H2. The molecule has 4 rings (SSSR count). The summed E-state index contributed by atoms with van der Waals surface area (Å²) in [5.74, 6) is 0. The number of carbonyl (C=O) groups is 1. The quantitative estimate of drug-likeness (QED) is 0.831. The molecule has 2 fully saturated rings. The van der Waals surface area contributed by atoms with Crippen LogP contribution >= 0.6 is 0 Å². The van der Waals surface area contributed by atoms with Crippen LogP contribution in [0.2, 0.25) is 0 Å². The van der Waals surface area contributed by atoms with Gasteiger partial charge >= 0.3 is 0 Å². The smallest absolute Gasteiger partial charge is 0.210 e. The maximum Gasteiger partial charge on any atom is 0.210 e. The van der Waals surface area contributed by atoms with Crippen molar-refractivity contribution in [1.82, 2.24) is 15.2 Å². The summed E-state index contributed by atoms with van der Waals surface area (Å²) >= 11 is 0. The average Bonchev–Trinajstić information content (AvgIpc) is 2.99. The number of amides is 1. The predicted molar refractivity (Wildman–Crippen MR) is 69.6 cm³/mol. The molecule has 20 heavy (non-hydrogen) atoms. The van der Waals surface area contributed by atoms with E-state index in [0.29, 0.717) is 23.9 Å². The van der Waals surface area contributed by atoms with Gasteiger partial charge in [-0.15, -0.1) is 0 Å². The van der Waals surface area contributed by atoms with E-state index >= 15 is 0 Å². The number of hydrogen-bond donors (Lipinski definition) is 1. The normalized spacial score (nSPS) is 32.8. The van der Waals surface area contributed by atoms with E-state index in [1.165, 1.54) is 0 Å². The number of piperidine rings is 1. The van der Waals surface area contributed by atoms with Gasteiger partial charge in [-0.25, -0.2) is 4.63 Å². The number of aliphatic hydroxyl groups excluding tert-OH is 1. The molecule has 6 nitrogen and oxygen atoms in total. The number of aliphatic hydroxyl groups is 1. The Hall–Kier alpha value is -1.95. The summed E-state index contributed by atoms with van der Waals surface area (Å²) in [6, 6.07) is 5.88. The van der Waals surface area contributed by atoms with Crippen molar-refractivity contribution >= 4 is 17.4 Å². The number of fused-ring (bicyclic) bond motifs is 3. The van der Waals surface area contributed by atoms with Crippen LogP contribution in [0, 0.1) is 0 Å². The van der Waals surface area contributed by atoms with E-state index in [4.69, 9.17) is 4.63 Å². The first-order valence-electron chi connectivity index (χ1n) is 6.87. The van der Waals surface area contributed by atoms with Crippen molar-refractivity contribution in [3.05, 3.63) is 23.8 Å². The highest BCUT2D eigenvalue weighted by Gasteiger charge is 2.52. The minimum atomic E-state index is -0.406. The molecule has 1 aromatic carbocycles. The Morgan fingerprint density at radius 3 is 3.10 bits per heavy atom. The first-order valence-corrected chi connectivity index (χ1v) is 6.87. The van der Waals surface area contributed by atoms with E-state index in [0.717, 1.165) is 24.8 Å². The zero-order valence-corrected chi connectivity index (χ0v) is 10.9. The molecule has 2 saturated heterocycles. The molecule has 0 spiro atoms. The van der Waals surface area contributed by atoms with Gasteiger partial charge in [0.2, 0.25) is 6.41 Å². The van der Waals surface area contributed by atoms with Crippen molar-refractivity contribution in [1.29, 1.82) is 0 Å². The van der Waals surface area contributed by atoms with Gasteiger partial charge in [0.25, 0.3) is 0 Å². The number of aromatic nitrogens is 2. The van der Waals surface area contributed by atoms with Gasteiger partial charge in [-0.1, -0.05) is 6.07 Å². The highest BCUT2D eigenvalue weighted by molar-refractivity contribution is 5.74. The van der Waals surface area contributed by atoms with E-state index in [1.807, 2.05) is 23.1 Å². The molecule has 2 aliphatic rings. The molecule has 0 aliphatic carbocycles. The van der Waals surface area contributed by atoms with Gasteiger partial charge in [-0.2, -0.15) is 0 Å². The lowest BCUT2D eigenvalue weighted by Gasteiger charge is -2.45. The Kier molecular flexibility index (Phi) is 2.38. The lowest BCUT2D eigenvalue weighted by atomic mass is 9.80. The van der Waals surface area contributed by atoms with Crippen molar-refractivity contribution in [3.63, 3.8) is 0 Å². The molecule has 2 aromatic rings. The molecule has 2 aliphatic heterocycles. The van der Waals surface area contributed by atoms with Crippen LogP contribution in [0.25, 0.3) is 11.0 Å². The van der Waals surface area contributed by atoms with Crippen LogP contribution in [-0.4, -0.2) is 38.9 Å². The highest BCUT2D eigenvalue weighted by Crippen LogP contribution is 2.50. The predicted octanol–water partition coefficient (Wildman–Crippen LogP) is 1.19. The van der Waals surface area contributed by atoms with Crippen LogP contribution in [-0.2, 0) is 10.3 Å². The van der Waals surface area contributed by atoms with Crippen LogP contribution in [0.1, 0.15) is 31.2 Å². The monoisotopic (exact) mass is 273 g/mol. The summed E-state index contributed by atoms with van der Waals surface area (Å²) in [4.78, 5) is 13.4. The van der Waals surface area contributed by atoms with Crippen LogP contribution in [0.15, 0.2) is 22.8 Å². The summed E-state index contributed by atoms with van der Waals surface area (Å²) in [6.45, 7) is 0. The SMILES string of the molecule is O=CN1C2CCC1(c1ccc3nonc3c1)CC(O)C2. The van der Waals surface area contributed by atoms with Gasteiger partial charge < -0.3 is 10.0 Å². The minimum absolute atomic E-state index is 0.141. The molecule has 104 valence electrons. The lowest BCUT2D eigenvalue weighted by molar-refractivity contribution is -0.130. The second-order valence-corrected chi connectivity index (χ2v) is 5.80. The van der Waals surface area contributed by atoms with E-state index in [9.17, 15) is 9.90 Å². The van der Waals surface area contributed by atoms with Gasteiger partial charge in [0.05, 0.1) is 11.6 Å². The first-order chi connectivity index (χ1) is 9.73. The van der Waals surface area contributed by atoms with Crippen LogP contribution in [0.5, 0.6) is 0 Å². The van der Waals surface area contributed by atoms with E-state index in [1.54, 1.807) is 0 Å². The van der Waals surface area contributed by atoms with Crippen LogP contribution in [0.4, 0.5) is 0 Å². The zero-order valence-electron chi connectivity index (χ0n) is 10.9. The number of benzene rings is 1. The average molecular weight is 273 g/mol. The lowest BCUT2D eigenvalue weighted by Crippen LogP contribution is -2.51. The summed E-state index contributed by atoms with van der Waals surface area (Å²) in [5, 5.41) is 17.8. The summed E-state index contributed by atoms with van der Waals surface area (Å²) in [7, 11) is 0. The molecule has 2 bridgehead atoms. The minimum Gasteiger partial charge on any atom is -0.393 e. The maximum atomic E-state index is 11.5. The second-order valence-electron chi connectivity index (χ2n) is 5.80. The maximum absolute atomic E-state index is 11.5. The Bertz CT molecular complexity index is 670. The third-order valence-electron chi connectivity index (χ3n) is 4.80. The fraction of sp³-hybridized carbons (Fsp3) is 0.500. The molecule has 3 unspecified atom stereocenters. The third-order valence-corrected chi connectivity index (χ3v) is 4.80. The third kappa shape index (κ3) is 1.45. The molecular formula is C14H15N3O3. The van der Waals surface area contributed by atoms with Gasteiger partial charge in [-0.05, 0) is 47.3 Å². The number of rotatable bonds is 2. The molecule has 1 aromatic heterocycles. The van der Waals surface area contributed by atoms with Crippen molar-refractivity contribution in [3.8, 4) is 0 Å². The van der Waals surface area contributed by atoms with Crippen LogP contribution < -0.4 is 0 Å².